The van der Waals surface area contributed by atoms with Crippen LogP contribution in [0.25, 0.3) is 0 Å². The van der Waals surface area contributed by atoms with Gasteiger partial charge in [0.25, 0.3) is 5.91 Å². The normalized spacial score (nSPS) is 19.4. The predicted molar refractivity (Wildman–Crippen MR) is 110 cm³/mol. The van der Waals surface area contributed by atoms with Crippen LogP contribution in [0.5, 0.6) is 0 Å². The van der Waals surface area contributed by atoms with Crippen LogP contribution in [-0.2, 0) is 11.2 Å². The molecule has 3 N–H and O–H groups in total. The fraction of sp³-hybridized carbons (Fsp3) is 0.333. The van der Waals surface area contributed by atoms with Crippen molar-refractivity contribution in [2.75, 3.05) is 19.0 Å². The molecule has 0 aliphatic carbocycles. The summed E-state index contributed by atoms with van der Waals surface area (Å²) in [4.78, 5) is 14.4. The summed E-state index contributed by atoms with van der Waals surface area (Å²) >= 11 is 0. The van der Waals surface area contributed by atoms with Crippen LogP contribution in [0.2, 0.25) is 0 Å². The number of hydrogen-bond acceptors (Lipinski definition) is 5. The van der Waals surface area contributed by atoms with Crippen molar-refractivity contribution in [3.05, 3.63) is 65.2 Å². The molecule has 1 amide bonds. The molecular weight excluding hydrogens is 338 g/mol. The fourth-order valence-electron chi connectivity index (χ4n) is 3.04. The third kappa shape index (κ3) is 4.93. The molecule has 6 heteroatoms. The first-order chi connectivity index (χ1) is 13.1. The zero-order valence-corrected chi connectivity index (χ0v) is 16.1. The van der Waals surface area contributed by atoms with Crippen LogP contribution in [0, 0.1) is 0 Å². The van der Waals surface area contributed by atoms with Crippen molar-refractivity contribution in [1.29, 1.82) is 0 Å². The lowest BCUT2D eigenvalue weighted by atomic mass is 10.00. The number of nitrogens with zero attached hydrogens (tertiary/aromatic N) is 2. The van der Waals surface area contributed by atoms with Crippen molar-refractivity contribution in [3.63, 3.8) is 0 Å². The van der Waals surface area contributed by atoms with Gasteiger partial charge >= 0.3 is 0 Å². The largest absolute Gasteiger partial charge is 0.378 e. The molecule has 3 rings (SSSR count). The Labute approximate surface area is 160 Å². The molecule has 27 heavy (non-hydrogen) atoms. The Hall–Kier alpha value is -2.70. The van der Waals surface area contributed by atoms with Crippen molar-refractivity contribution in [2.45, 2.75) is 31.8 Å². The van der Waals surface area contributed by atoms with Crippen molar-refractivity contribution < 1.29 is 4.79 Å². The Bertz CT molecular complexity index is 783. The van der Waals surface area contributed by atoms with Gasteiger partial charge in [-0.15, -0.1) is 0 Å². The number of anilines is 1. The summed E-state index contributed by atoms with van der Waals surface area (Å²) < 4.78 is 0. The number of amides is 1. The summed E-state index contributed by atoms with van der Waals surface area (Å²) in [5, 5.41) is 4.08. The lowest BCUT2D eigenvalue weighted by molar-refractivity contribution is -0.122. The Kier molecular flexibility index (Phi) is 6.21. The molecule has 0 aromatic heterocycles. The van der Waals surface area contributed by atoms with Crippen LogP contribution in [-0.4, -0.2) is 32.3 Å². The third-order valence-corrected chi connectivity index (χ3v) is 4.81. The van der Waals surface area contributed by atoms with Gasteiger partial charge in [-0.25, -0.2) is 16.3 Å². The van der Waals surface area contributed by atoms with Crippen LogP contribution in [0.15, 0.2) is 53.6 Å². The maximum Gasteiger partial charge on any atom is 0.258 e. The van der Waals surface area contributed by atoms with Gasteiger partial charge in [-0.1, -0.05) is 43.3 Å². The van der Waals surface area contributed by atoms with Crippen molar-refractivity contribution in [2.24, 2.45) is 5.10 Å². The van der Waals surface area contributed by atoms with E-state index < -0.39 is 0 Å². The first kappa shape index (κ1) is 19.1. The average molecular weight is 365 g/mol. The molecule has 0 bridgehead atoms. The van der Waals surface area contributed by atoms with Gasteiger partial charge in [0.2, 0.25) is 0 Å². The molecular formula is C21H27N5O. The van der Waals surface area contributed by atoms with Crippen LogP contribution >= 0.6 is 0 Å². The van der Waals surface area contributed by atoms with E-state index in [2.05, 4.69) is 52.6 Å². The van der Waals surface area contributed by atoms with Crippen molar-refractivity contribution in [1.82, 2.24) is 16.3 Å². The molecule has 2 aromatic carbocycles. The monoisotopic (exact) mass is 365 g/mol. The van der Waals surface area contributed by atoms with Gasteiger partial charge in [-0.05, 0) is 41.7 Å². The third-order valence-electron chi connectivity index (χ3n) is 4.81. The zero-order valence-electron chi connectivity index (χ0n) is 16.1. The number of carbonyl (C=O) groups excluding carboxylic acids is 1. The number of carbonyl (C=O) groups is 1. The molecule has 1 heterocycles. The SMILES string of the molecule is CCc1ccc(C2CC(C(=O)N/N=C/c3ccc(N(C)C)cc3)NN2)cc1. The van der Waals surface area contributed by atoms with E-state index in [1.165, 1.54) is 11.1 Å². The number of hydrazine groups is 1. The summed E-state index contributed by atoms with van der Waals surface area (Å²) in [6, 6.07) is 16.3. The number of rotatable bonds is 6. The van der Waals surface area contributed by atoms with Gasteiger partial charge in [0, 0.05) is 25.8 Å². The quantitative estimate of drug-likeness (QED) is 0.543. The number of benzene rings is 2. The summed E-state index contributed by atoms with van der Waals surface area (Å²) in [6.45, 7) is 2.14. The van der Waals surface area contributed by atoms with Gasteiger partial charge in [-0.3, -0.25) is 4.79 Å². The van der Waals surface area contributed by atoms with E-state index in [0.29, 0.717) is 6.42 Å². The standard InChI is InChI=1S/C21H27N5O/c1-4-15-5-9-17(10-6-15)19-13-20(24-23-19)21(27)25-22-14-16-7-11-18(12-8-16)26(2)3/h5-12,14,19-20,23-24H,4,13H2,1-3H3,(H,25,27)/b22-14+. The first-order valence-corrected chi connectivity index (χ1v) is 9.27. The second-order valence-electron chi connectivity index (χ2n) is 6.94. The molecule has 0 saturated carbocycles. The van der Waals surface area contributed by atoms with E-state index in [4.69, 9.17) is 0 Å². The van der Waals surface area contributed by atoms with Gasteiger partial charge < -0.3 is 4.90 Å². The topological polar surface area (TPSA) is 68.8 Å². The van der Waals surface area contributed by atoms with Gasteiger partial charge in [0.1, 0.15) is 6.04 Å². The second kappa shape index (κ2) is 8.79. The van der Waals surface area contributed by atoms with Crippen molar-refractivity contribution in [3.8, 4) is 0 Å². The van der Waals surface area contributed by atoms with E-state index in [-0.39, 0.29) is 18.0 Å². The maximum absolute atomic E-state index is 12.3. The zero-order chi connectivity index (χ0) is 19.2. The number of hydrazone groups is 1. The Morgan fingerprint density at radius 3 is 2.48 bits per heavy atom. The summed E-state index contributed by atoms with van der Waals surface area (Å²) in [7, 11) is 3.99. The Balaban J connectivity index is 1.51. The molecule has 2 atom stereocenters. The number of aryl methyl sites for hydroxylation is 1. The lowest BCUT2D eigenvalue weighted by Crippen LogP contribution is -2.41. The van der Waals surface area contributed by atoms with E-state index in [0.717, 1.165) is 17.7 Å². The minimum absolute atomic E-state index is 0.120. The highest BCUT2D eigenvalue weighted by molar-refractivity contribution is 5.85. The molecule has 2 unspecified atom stereocenters. The summed E-state index contributed by atoms with van der Waals surface area (Å²) in [5.41, 5.74) is 13.4. The van der Waals surface area contributed by atoms with E-state index in [1.54, 1.807) is 6.21 Å². The molecule has 0 spiro atoms. The molecule has 2 aromatic rings. The number of hydrogen-bond donors (Lipinski definition) is 3. The second-order valence-corrected chi connectivity index (χ2v) is 6.94. The first-order valence-electron chi connectivity index (χ1n) is 9.27. The maximum atomic E-state index is 12.3. The highest BCUT2D eigenvalue weighted by Crippen LogP contribution is 2.22. The van der Waals surface area contributed by atoms with E-state index in [9.17, 15) is 4.79 Å². The van der Waals surface area contributed by atoms with E-state index in [1.807, 2.05) is 43.3 Å². The lowest BCUT2D eigenvalue weighted by Gasteiger charge is -2.11. The van der Waals surface area contributed by atoms with Crippen LogP contribution in [0.4, 0.5) is 5.69 Å². The minimum atomic E-state index is -0.311. The predicted octanol–water partition coefficient (Wildman–Crippen LogP) is 2.37. The van der Waals surface area contributed by atoms with Crippen LogP contribution in [0.1, 0.15) is 36.1 Å². The van der Waals surface area contributed by atoms with Crippen molar-refractivity contribution >= 4 is 17.8 Å². The fourth-order valence-corrected chi connectivity index (χ4v) is 3.04. The van der Waals surface area contributed by atoms with Crippen LogP contribution < -0.4 is 21.2 Å². The molecule has 6 nitrogen and oxygen atoms in total. The highest BCUT2D eigenvalue weighted by atomic mass is 16.2. The van der Waals surface area contributed by atoms with E-state index >= 15 is 0 Å². The molecule has 1 aliphatic rings. The van der Waals surface area contributed by atoms with Gasteiger partial charge in [-0.2, -0.15) is 5.10 Å². The molecule has 1 aliphatic heterocycles. The average Bonchev–Trinajstić information content (AvgIpc) is 3.19. The molecule has 0 radical (unpaired) electrons. The van der Waals surface area contributed by atoms with Gasteiger partial charge in [0.15, 0.2) is 0 Å². The summed E-state index contributed by atoms with van der Waals surface area (Å²) in [6.07, 6.45) is 3.36. The van der Waals surface area contributed by atoms with Crippen LogP contribution in [0.3, 0.4) is 0 Å². The number of nitrogens with one attached hydrogen (secondary N) is 3. The van der Waals surface area contributed by atoms with Gasteiger partial charge in [0.05, 0.1) is 6.21 Å². The minimum Gasteiger partial charge on any atom is -0.378 e. The molecule has 1 fully saturated rings. The Morgan fingerprint density at radius 1 is 1.15 bits per heavy atom. The Morgan fingerprint density at radius 2 is 1.85 bits per heavy atom. The smallest absolute Gasteiger partial charge is 0.258 e. The highest BCUT2D eigenvalue weighted by Gasteiger charge is 2.29. The molecule has 142 valence electrons. The summed E-state index contributed by atoms with van der Waals surface area (Å²) in [5.74, 6) is -0.142. The molecule has 1 saturated heterocycles.